The van der Waals surface area contributed by atoms with E-state index in [1.54, 1.807) is 12.1 Å². The molecule has 0 aliphatic carbocycles. The van der Waals surface area contributed by atoms with E-state index < -0.39 is 23.4 Å². The smallest absolute Gasteiger partial charge is 0.325 e. The maximum absolute atomic E-state index is 12.1. The van der Waals surface area contributed by atoms with E-state index in [1.807, 2.05) is 13.0 Å². The maximum Gasteiger partial charge on any atom is 0.325 e. The van der Waals surface area contributed by atoms with Gasteiger partial charge in [-0.1, -0.05) is 6.07 Å². The molecule has 1 aliphatic heterocycles. The summed E-state index contributed by atoms with van der Waals surface area (Å²) in [6, 6.07) is 5.23. The molecule has 1 heterocycles. The Morgan fingerprint density at radius 3 is 2.81 bits per heavy atom. The van der Waals surface area contributed by atoms with E-state index in [4.69, 9.17) is 4.74 Å². The van der Waals surface area contributed by atoms with Gasteiger partial charge < -0.3 is 20.1 Å². The SMILES string of the molecule is COC(=O)CNC(=O)[C@@]1(C)Oc2ccc(C)cc2NC1=O. The number of amides is 2. The molecule has 7 heteroatoms. The highest BCUT2D eigenvalue weighted by Gasteiger charge is 2.47. The fraction of sp³-hybridized carbons (Fsp3) is 0.357. The molecule has 0 radical (unpaired) electrons. The van der Waals surface area contributed by atoms with Gasteiger partial charge in [0.1, 0.15) is 12.3 Å². The van der Waals surface area contributed by atoms with Crippen LogP contribution in [0.1, 0.15) is 12.5 Å². The molecule has 2 N–H and O–H groups in total. The highest BCUT2D eigenvalue weighted by atomic mass is 16.5. The van der Waals surface area contributed by atoms with Crippen LogP contribution < -0.4 is 15.4 Å². The number of ether oxygens (including phenoxy) is 2. The molecule has 21 heavy (non-hydrogen) atoms. The summed E-state index contributed by atoms with van der Waals surface area (Å²) in [5.41, 5.74) is -0.273. The number of esters is 1. The molecule has 1 aromatic rings. The Balaban J connectivity index is 2.19. The molecular weight excluding hydrogens is 276 g/mol. The van der Waals surface area contributed by atoms with Crippen molar-refractivity contribution in [3.63, 3.8) is 0 Å². The van der Waals surface area contributed by atoms with Crippen molar-refractivity contribution in [3.05, 3.63) is 23.8 Å². The Labute approximate surface area is 121 Å². The van der Waals surface area contributed by atoms with Crippen molar-refractivity contribution in [1.82, 2.24) is 5.32 Å². The summed E-state index contributed by atoms with van der Waals surface area (Å²) < 4.78 is 9.96. The van der Waals surface area contributed by atoms with Crippen molar-refractivity contribution in [2.45, 2.75) is 19.4 Å². The number of hydrogen-bond acceptors (Lipinski definition) is 5. The molecule has 0 saturated carbocycles. The van der Waals surface area contributed by atoms with Gasteiger partial charge in [0.25, 0.3) is 17.4 Å². The minimum absolute atomic E-state index is 0.331. The number of methoxy groups -OCH3 is 1. The summed E-state index contributed by atoms with van der Waals surface area (Å²) in [6.07, 6.45) is 0. The van der Waals surface area contributed by atoms with Crippen LogP contribution in [-0.4, -0.2) is 37.0 Å². The molecule has 1 aromatic carbocycles. The third-order valence-corrected chi connectivity index (χ3v) is 3.18. The van der Waals surface area contributed by atoms with Crippen LogP contribution in [0.25, 0.3) is 0 Å². The third-order valence-electron chi connectivity index (χ3n) is 3.18. The number of carbonyl (C=O) groups excluding carboxylic acids is 3. The molecule has 112 valence electrons. The molecule has 0 spiro atoms. The summed E-state index contributed by atoms with van der Waals surface area (Å²) in [7, 11) is 1.21. The van der Waals surface area contributed by atoms with Crippen LogP contribution in [0.15, 0.2) is 18.2 Å². The van der Waals surface area contributed by atoms with E-state index >= 15 is 0 Å². The van der Waals surface area contributed by atoms with Crippen LogP contribution in [0.5, 0.6) is 5.75 Å². The first-order chi connectivity index (χ1) is 9.86. The number of fused-ring (bicyclic) bond motifs is 1. The average Bonchev–Trinajstić information content (AvgIpc) is 2.45. The van der Waals surface area contributed by atoms with Gasteiger partial charge in [-0.3, -0.25) is 14.4 Å². The van der Waals surface area contributed by atoms with Crippen molar-refractivity contribution in [3.8, 4) is 5.75 Å². The minimum Gasteiger partial charge on any atom is -0.468 e. The molecule has 0 unspecified atom stereocenters. The highest BCUT2D eigenvalue weighted by molar-refractivity contribution is 6.15. The molecule has 2 amide bonds. The van der Waals surface area contributed by atoms with Crippen molar-refractivity contribution < 1.29 is 23.9 Å². The van der Waals surface area contributed by atoms with Gasteiger partial charge in [-0.15, -0.1) is 0 Å². The number of rotatable bonds is 3. The topological polar surface area (TPSA) is 93.7 Å². The van der Waals surface area contributed by atoms with Crippen LogP contribution in [0, 0.1) is 6.92 Å². The molecule has 0 aromatic heterocycles. The summed E-state index contributed by atoms with van der Waals surface area (Å²) in [5.74, 6) is -1.52. The first-order valence-corrected chi connectivity index (χ1v) is 6.33. The predicted molar refractivity (Wildman–Crippen MR) is 73.9 cm³/mol. The Kier molecular flexibility index (Phi) is 3.84. The summed E-state index contributed by atoms with van der Waals surface area (Å²) in [5, 5.41) is 4.95. The zero-order valence-electron chi connectivity index (χ0n) is 12.0. The summed E-state index contributed by atoms with van der Waals surface area (Å²) >= 11 is 0. The van der Waals surface area contributed by atoms with Crippen LogP contribution in [0.3, 0.4) is 0 Å². The molecule has 1 aliphatic rings. The normalized spacial score (nSPS) is 19.9. The van der Waals surface area contributed by atoms with Crippen molar-refractivity contribution in [2.24, 2.45) is 0 Å². The van der Waals surface area contributed by atoms with Crippen LogP contribution in [-0.2, 0) is 19.1 Å². The van der Waals surface area contributed by atoms with Gasteiger partial charge in [-0.05, 0) is 31.5 Å². The molecule has 7 nitrogen and oxygen atoms in total. The van der Waals surface area contributed by atoms with Gasteiger partial charge in [-0.25, -0.2) is 0 Å². The predicted octanol–water partition coefficient (Wildman–Crippen LogP) is 0.374. The van der Waals surface area contributed by atoms with E-state index in [-0.39, 0.29) is 6.54 Å². The fourth-order valence-corrected chi connectivity index (χ4v) is 1.88. The monoisotopic (exact) mass is 292 g/mol. The van der Waals surface area contributed by atoms with E-state index in [9.17, 15) is 14.4 Å². The molecule has 1 atom stereocenters. The third kappa shape index (κ3) is 2.81. The van der Waals surface area contributed by atoms with Gasteiger partial charge in [0.05, 0.1) is 12.8 Å². The molecule has 0 saturated heterocycles. The van der Waals surface area contributed by atoms with Gasteiger partial charge in [0.15, 0.2) is 0 Å². The number of aryl methyl sites for hydroxylation is 1. The first kappa shape index (κ1) is 14.8. The highest BCUT2D eigenvalue weighted by Crippen LogP contribution is 2.34. The molecular formula is C14H16N2O5. The van der Waals surface area contributed by atoms with Crippen molar-refractivity contribution in [2.75, 3.05) is 19.0 Å². The lowest BCUT2D eigenvalue weighted by atomic mass is 10.0. The number of anilines is 1. The maximum atomic E-state index is 12.1. The largest absolute Gasteiger partial charge is 0.468 e. The van der Waals surface area contributed by atoms with Crippen LogP contribution in [0.2, 0.25) is 0 Å². The van der Waals surface area contributed by atoms with E-state index in [1.165, 1.54) is 14.0 Å². The number of hydrogen-bond donors (Lipinski definition) is 2. The second-order valence-electron chi connectivity index (χ2n) is 4.85. The van der Waals surface area contributed by atoms with Gasteiger partial charge in [0, 0.05) is 0 Å². The lowest BCUT2D eigenvalue weighted by Gasteiger charge is -2.33. The zero-order chi connectivity index (χ0) is 15.6. The van der Waals surface area contributed by atoms with Crippen LogP contribution in [0.4, 0.5) is 5.69 Å². The lowest BCUT2D eigenvalue weighted by molar-refractivity contribution is -0.149. The van der Waals surface area contributed by atoms with Crippen molar-refractivity contribution >= 4 is 23.5 Å². The van der Waals surface area contributed by atoms with Gasteiger partial charge in [-0.2, -0.15) is 0 Å². The second kappa shape index (κ2) is 5.43. The van der Waals surface area contributed by atoms with E-state index in [0.29, 0.717) is 11.4 Å². The summed E-state index contributed by atoms with van der Waals surface area (Å²) in [6.45, 7) is 2.89. The van der Waals surface area contributed by atoms with E-state index in [2.05, 4.69) is 15.4 Å². The Morgan fingerprint density at radius 2 is 2.14 bits per heavy atom. The van der Waals surface area contributed by atoms with Gasteiger partial charge >= 0.3 is 5.97 Å². The molecule has 0 fully saturated rings. The molecule has 0 bridgehead atoms. The number of carbonyl (C=O) groups is 3. The fourth-order valence-electron chi connectivity index (χ4n) is 1.88. The van der Waals surface area contributed by atoms with E-state index in [0.717, 1.165) is 5.56 Å². The Morgan fingerprint density at radius 1 is 1.43 bits per heavy atom. The quantitative estimate of drug-likeness (QED) is 0.620. The Bertz CT molecular complexity index is 613. The zero-order valence-corrected chi connectivity index (χ0v) is 12.0. The standard InChI is InChI=1S/C14H16N2O5/c1-8-4-5-10-9(6-8)16-13(19)14(2,21-10)12(18)15-7-11(17)20-3/h4-6H,7H2,1-3H3,(H,15,18)(H,16,19)/t14-/m1/s1. The summed E-state index contributed by atoms with van der Waals surface area (Å²) in [4.78, 5) is 35.3. The van der Waals surface area contributed by atoms with Crippen LogP contribution >= 0.6 is 0 Å². The van der Waals surface area contributed by atoms with Gasteiger partial charge in [0.2, 0.25) is 0 Å². The number of benzene rings is 1. The number of nitrogens with one attached hydrogen (secondary N) is 2. The lowest BCUT2D eigenvalue weighted by Crippen LogP contribution is -2.59. The molecule has 2 rings (SSSR count). The minimum atomic E-state index is -1.74. The average molecular weight is 292 g/mol. The second-order valence-corrected chi connectivity index (χ2v) is 4.85. The van der Waals surface area contributed by atoms with Crippen molar-refractivity contribution in [1.29, 1.82) is 0 Å². The Hall–Kier alpha value is -2.57. The first-order valence-electron chi connectivity index (χ1n) is 6.33.